The molecule has 0 amide bonds. The fraction of sp³-hybridized carbons (Fsp3) is 0.357. The van der Waals surface area contributed by atoms with Gasteiger partial charge in [0.25, 0.3) is 0 Å². The van der Waals surface area contributed by atoms with Gasteiger partial charge in [-0.25, -0.2) is 0 Å². The second-order valence-corrected chi connectivity index (χ2v) is 5.96. The molecule has 1 rings (SSSR count). The van der Waals surface area contributed by atoms with Gasteiger partial charge in [-0.15, -0.1) is 5.73 Å². The van der Waals surface area contributed by atoms with Gasteiger partial charge < -0.3 is 9.47 Å². The lowest BCUT2D eigenvalue weighted by molar-refractivity contribution is -0.139. The molecule has 0 heterocycles. The molecule has 0 N–H and O–H groups in total. The Labute approximate surface area is 192 Å². The molecule has 0 fully saturated rings. The molecule has 1 aromatic rings. The number of hydrogen-bond donors (Lipinski definition) is 0. The monoisotopic (exact) mass is 423 g/mol. The van der Waals surface area contributed by atoms with Crippen LogP contribution in [-0.4, -0.2) is 19.7 Å². The van der Waals surface area contributed by atoms with Crippen molar-refractivity contribution < 1.29 is 17.1 Å². The highest BCUT2D eigenvalue weighted by molar-refractivity contribution is 5.72. The normalized spacial score (nSPS) is 9.23. The molecule has 3 nitrogen and oxygen atoms in total. The van der Waals surface area contributed by atoms with E-state index in [1.165, 1.54) is 7.11 Å². The molecule has 0 unspecified atom stereocenters. The summed E-state index contributed by atoms with van der Waals surface area (Å²) in [7, 11) is 1.37. The lowest BCUT2D eigenvalue weighted by atomic mass is 10.1. The summed E-state index contributed by atoms with van der Waals surface area (Å²) in [4.78, 5) is 11.3. The maximum atomic E-state index is 11.3. The predicted molar refractivity (Wildman–Crippen MR) is 135 cm³/mol. The van der Waals surface area contributed by atoms with Crippen LogP contribution in [0.1, 0.15) is 55.9 Å². The van der Waals surface area contributed by atoms with Gasteiger partial charge in [0.2, 0.25) is 0 Å². The Morgan fingerprint density at radius 3 is 2.48 bits per heavy atom. The SMILES string of the molecule is C.C.[CH]=C=C(C#C/C=C\C#CCC/C=C\CC)CCOc1ccc(CC(=O)OC)cc1.[HH].[HH]. The molecular weight excluding hydrogens is 384 g/mol. The van der Waals surface area contributed by atoms with Gasteiger partial charge in [-0.3, -0.25) is 4.79 Å². The summed E-state index contributed by atoms with van der Waals surface area (Å²) < 4.78 is 10.3. The Hall–Kier alpha value is -3.39. The summed E-state index contributed by atoms with van der Waals surface area (Å²) in [5.74, 6) is 12.3. The Kier molecular flexibility index (Phi) is 19.1. The first-order chi connectivity index (χ1) is 14.2. The predicted octanol–water partition coefficient (Wildman–Crippen LogP) is 6.76. The Morgan fingerprint density at radius 2 is 1.84 bits per heavy atom. The van der Waals surface area contributed by atoms with Crippen molar-refractivity contribution in [3.63, 3.8) is 0 Å². The molecule has 169 valence electrons. The third-order valence-corrected chi connectivity index (χ3v) is 3.71. The number of hydrogen-bond acceptors (Lipinski definition) is 3. The third kappa shape index (κ3) is 15.2. The van der Waals surface area contributed by atoms with Crippen LogP contribution in [0.5, 0.6) is 5.75 Å². The minimum atomic E-state index is -0.269. The number of esters is 1. The van der Waals surface area contributed by atoms with Crippen LogP contribution in [0.15, 0.2) is 59.9 Å². The van der Waals surface area contributed by atoms with E-state index in [-0.39, 0.29) is 30.1 Å². The van der Waals surface area contributed by atoms with Crippen molar-refractivity contribution in [2.45, 2.75) is 53.9 Å². The number of benzene rings is 1. The summed E-state index contributed by atoms with van der Waals surface area (Å²) in [6.45, 7) is 8.05. The van der Waals surface area contributed by atoms with Crippen molar-refractivity contribution in [3.05, 3.63) is 72.0 Å². The van der Waals surface area contributed by atoms with Crippen molar-refractivity contribution in [2.75, 3.05) is 13.7 Å². The quantitative estimate of drug-likeness (QED) is 0.145. The lowest BCUT2D eigenvalue weighted by Crippen LogP contribution is -2.04. The molecule has 0 bridgehead atoms. The average Bonchev–Trinajstić information content (AvgIpc) is 2.74. The standard InChI is InChI=1S/C26H27O3.2CH4.2H2/c1-4-6-7-8-9-10-11-12-13-14-15-23(5-2)20-21-29-25-18-16-24(17-19-25)22-26(27)28-3;;;;/h2,6-7,12-13,16-19H,4,8-9,20-22H2,1,3H3;2*1H4;2*1H/b7-6-,13-12-;;;;. The van der Waals surface area contributed by atoms with Gasteiger partial charge in [0.1, 0.15) is 5.75 Å². The van der Waals surface area contributed by atoms with E-state index in [0.29, 0.717) is 24.4 Å². The molecule has 0 atom stereocenters. The van der Waals surface area contributed by atoms with E-state index >= 15 is 0 Å². The van der Waals surface area contributed by atoms with Crippen LogP contribution in [0.2, 0.25) is 0 Å². The molecule has 31 heavy (non-hydrogen) atoms. The van der Waals surface area contributed by atoms with E-state index in [0.717, 1.165) is 24.8 Å². The number of carbonyl (C=O) groups is 1. The fourth-order valence-corrected chi connectivity index (χ4v) is 2.17. The van der Waals surface area contributed by atoms with Crippen molar-refractivity contribution >= 4 is 5.97 Å². The highest BCUT2D eigenvalue weighted by Gasteiger charge is 2.03. The lowest BCUT2D eigenvalue weighted by Gasteiger charge is -2.06. The maximum absolute atomic E-state index is 11.3. The van der Waals surface area contributed by atoms with Gasteiger partial charge in [0.05, 0.1) is 20.1 Å². The zero-order valence-electron chi connectivity index (χ0n) is 17.2. The Bertz CT molecular complexity index is 870. The molecule has 0 saturated heterocycles. The molecule has 0 aliphatic heterocycles. The first-order valence-corrected chi connectivity index (χ1v) is 9.60. The summed E-state index contributed by atoms with van der Waals surface area (Å²) in [5.41, 5.74) is 4.14. The van der Waals surface area contributed by atoms with Crippen LogP contribution in [0.25, 0.3) is 0 Å². The molecular formula is C28H39O3. The van der Waals surface area contributed by atoms with Crippen LogP contribution in [0, 0.1) is 30.3 Å². The van der Waals surface area contributed by atoms with E-state index < -0.39 is 0 Å². The molecule has 0 aliphatic rings. The van der Waals surface area contributed by atoms with Crippen LogP contribution >= 0.6 is 0 Å². The minimum Gasteiger partial charge on any atom is -0.493 e. The number of unbranched alkanes of at least 4 members (excludes halogenated alkanes) is 1. The third-order valence-electron chi connectivity index (χ3n) is 3.71. The summed E-state index contributed by atoms with van der Waals surface area (Å²) in [6, 6.07) is 7.31. The largest absolute Gasteiger partial charge is 0.493 e. The van der Waals surface area contributed by atoms with E-state index in [1.54, 1.807) is 12.2 Å². The number of rotatable bonds is 9. The second-order valence-electron chi connectivity index (χ2n) is 5.96. The van der Waals surface area contributed by atoms with Crippen molar-refractivity contribution in [2.24, 2.45) is 0 Å². The minimum absolute atomic E-state index is 0. The van der Waals surface area contributed by atoms with E-state index in [1.807, 2.05) is 24.3 Å². The fourth-order valence-electron chi connectivity index (χ4n) is 2.17. The number of methoxy groups -OCH3 is 1. The van der Waals surface area contributed by atoms with Crippen molar-refractivity contribution in [1.82, 2.24) is 0 Å². The first kappa shape index (κ1) is 29.8. The number of allylic oxidation sites excluding steroid dienone is 4. The van der Waals surface area contributed by atoms with Crippen LogP contribution < -0.4 is 4.74 Å². The van der Waals surface area contributed by atoms with Crippen molar-refractivity contribution in [3.8, 4) is 29.4 Å². The van der Waals surface area contributed by atoms with Crippen molar-refractivity contribution in [1.29, 1.82) is 0 Å². The van der Waals surface area contributed by atoms with Crippen LogP contribution in [0.3, 0.4) is 0 Å². The topological polar surface area (TPSA) is 35.5 Å². The van der Waals surface area contributed by atoms with Gasteiger partial charge in [-0.2, -0.15) is 0 Å². The zero-order valence-corrected chi connectivity index (χ0v) is 17.2. The van der Waals surface area contributed by atoms with Gasteiger partial charge in [-0.05, 0) is 49.3 Å². The Morgan fingerprint density at radius 1 is 1.13 bits per heavy atom. The van der Waals surface area contributed by atoms with E-state index in [2.05, 4.69) is 53.2 Å². The molecule has 0 aliphatic carbocycles. The first-order valence-electron chi connectivity index (χ1n) is 9.60. The number of carbonyl (C=O) groups excluding carboxylic acids is 1. The zero-order chi connectivity index (χ0) is 21.2. The maximum Gasteiger partial charge on any atom is 0.309 e. The van der Waals surface area contributed by atoms with E-state index in [9.17, 15) is 4.79 Å². The Balaban J connectivity index is -0.00000105. The summed E-state index contributed by atoms with van der Waals surface area (Å²) >= 11 is 0. The second kappa shape index (κ2) is 19.9. The van der Waals surface area contributed by atoms with Crippen LogP contribution in [0.4, 0.5) is 0 Å². The summed E-state index contributed by atoms with van der Waals surface area (Å²) in [6.07, 6.45) is 11.4. The highest BCUT2D eigenvalue weighted by atomic mass is 16.5. The van der Waals surface area contributed by atoms with Gasteiger partial charge in [0, 0.05) is 21.3 Å². The van der Waals surface area contributed by atoms with Crippen LogP contribution in [-0.2, 0) is 16.0 Å². The molecule has 0 spiro atoms. The molecule has 0 saturated carbocycles. The summed E-state index contributed by atoms with van der Waals surface area (Å²) in [5, 5.41) is 0. The van der Waals surface area contributed by atoms with Gasteiger partial charge in [0.15, 0.2) is 0 Å². The smallest absolute Gasteiger partial charge is 0.309 e. The molecule has 0 aromatic heterocycles. The highest BCUT2D eigenvalue weighted by Crippen LogP contribution is 2.13. The molecule has 1 radical (unpaired) electrons. The van der Waals surface area contributed by atoms with Gasteiger partial charge >= 0.3 is 5.97 Å². The molecule has 3 heteroatoms. The molecule has 1 aromatic carbocycles. The average molecular weight is 424 g/mol. The van der Waals surface area contributed by atoms with E-state index in [4.69, 9.17) is 11.3 Å². The number of ether oxygens (including phenoxy) is 2. The van der Waals surface area contributed by atoms with Gasteiger partial charge in [-0.1, -0.05) is 69.7 Å².